The zero-order chi connectivity index (χ0) is 32.9. The van der Waals surface area contributed by atoms with Crippen LogP contribution in [-0.4, -0.2) is 15.0 Å². The van der Waals surface area contributed by atoms with E-state index in [4.69, 9.17) is 15.0 Å². The molecular formula is C44H30N4. The molecule has 0 amide bonds. The molecule has 0 spiro atoms. The van der Waals surface area contributed by atoms with Crippen LogP contribution in [0.1, 0.15) is 17.0 Å². The fourth-order valence-electron chi connectivity index (χ4n) is 5.75. The second kappa shape index (κ2) is 13.3. The number of hydrogen-bond donors (Lipinski definition) is 0. The summed E-state index contributed by atoms with van der Waals surface area (Å²) in [6.07, 6.45) is 3.37. The number of benzene rings is 5. The Hall–Kier alpha value is -6.70. The normalized spacial score (nSPS) is 10.6. The second-order valence-electron chi connectivity index (χ2n) is 11.3. The van der Waals surface area contributed by atoms with Gasteiger partial charge in [0.15, 0.2) is 0 Å². The molecule has 0 fully saturated rings. The van der Waals surface area contributed by atoms with Crippen molar-refractivity contribution in [2.24, 2.45) is 0 Å². The van der Waals surface area contributed by atoms with Crippen LogP contribution in [0.2, 0.25) is 0 Å². The van der Waals surface area contributed by atoms with Crippen molar-refractivity contribution >= 4 is 12.2 Å². The quantitative estimate of drug-likeness (QED) is 0.171. The zero-order valence-electron chi connectivity index (χ0n) is 26.2. The molecule has 0 aliphatic carbocycles. The second-order valence-corrected chi connectivity index (χ2v) is 11.3. The minimum absolute atomic E-state index is 0.584. The third kappa shape index (κ3) is 6.09. The molecular weight excluding hydrogens is 585 g/mol. The Morgan fingerprint density at radius 3 is 1.23 bits per heavy atom. The van der Waals surface area contributed by atoms with Gasteiger partial charge in [-0.2, -0.15) is 5.26 Å². The summed E-state index contributed by atoms with van der Waals surface area (Å²) >= 11 is 0. The van der Waals surface area contributed by atoms with Crippen LogP contribution in [0, 0.1) is 11.3 Å². The Morgan fingerprint density at radius 1 is 0.417 bits per heavy atom. The van der Waals surface area contributed by atoms with Gasteiger partial charge in [0.25, 0.3) is 0 Å². The average Bonchev–Trinajstić information content (AvgIpc) is 3.18. The lowest BCUT2D eigenvalue weighted by molar-refractivity contribution is 1.17. The van der Waals surface area contributed by atoms with Gasteiger partial charge < -0.3 is 0 Å². The highest BCUT2D eigenvalue weighted by molar-refractivity contribution is 5.83. The SMILES string of the molecule is C=Cc1nc(-c2ccc(C#N)cc2)c(-c2ccc(-c3cc(-c4ccccc4)cc(-c4ccc(-c5ccccc5)cc4)n3)cc2)nc1C=C. The van der Waals surface area contributed by atoms with E-state index in [9.17, 15) is 5.26 Å². The van der Waals surface area contributed by atoms with Crippen molar-refractivity contribution in [3.05, 3.63) is 176 Å². The summed E-state index contributed by atoms with van der Waals surface area (Å²) in [6, 6.07) is 51.5. The Morgan fingerprint density at radius 2 is 0.792 bits per heavy atom. The maximum absolute atomic E-state index is 9.31. The first-order valence-corrected chi connectivity index (χ1v) is 15.6. The van der Waals surface area contributed by atoms with Crippen molar-refractivity contribution in [1.29, 1.82) is 5.26 Å². The predicted octanol–water partition coefficient (Wildman–Crippen LogP) is 11.0. The largest absolute Gasteiger partial charge is 0.248 e. The van der Waals surface area contributed by atoms with Gasteiger partial charge in [0.05, 0.1) is 45.8 Å². The summed E-state index contributed by atoms with van der Waals surface area (Å²) < 4.78 is 0. The lowest BCUT2D eigenvalue weighted by Gasteiger charge is -2.14. The first kappa shape index (κ1) is 30.0. The number of nitriles is 1. The zero-order valence-corrected chi connectivity index (χ0v) is 26.2. The molecule has 2 heterocycles. The van der Waals surface area contributed by atoms with Crippen LogP contribution in [0.25, 0.3) is 79.4 Å². The topological polar surface area (TPSA) is 62.5 Å². The molecule has 0 saturated carbocycles. The molecule has 4 heteroatoms. The van der Waals surface area contributed by atoms with Crippen molar-refractivity contribution in [2.45, 2.75) is 0 Å². The van der Waals surface area contributed by atoms with Crippen molar-refractivity contribution in [2.75, 3.05) is 0 Å². The highest BCUT2D eigenvalue weighted by atomic mass is 14.8. The first-order chi connectivity index (χ1) is 23.6. The van der Waals surface area contributed by atoms with Crippen molar-refractivity contribution in [1.82, 2.24) is 15.0 Å². The number of nitrogens with zero attached hydrogens (tertiary/aromatic N) is 4. The van der Waals surface area contributed by atoms with Gasteiger partial charge in [-0.1, -0.05) is 134 Å². The number of rotatable bonds is 8. The van der Waals surface area contributed by atoms with E-state index in [0.29, 0.717) is 22.6 Å². The Labute approximate surface area is 280 Å². The maximum Gasteiger partial charge on any atom is 0.0991 e. The molecule has 226 valence electrons. The molecule has 7 aromatic rings. The lowest BCUT2D eigenvalue weighted by atomic mass is 9.97. The molecule has 0 atom stereocenters. The molecule has 0 bridgehead atoms. The summed E-state index contributed by atoms with van der Waals surface area (Å²) in [4.78, 5) is 15.0. The van der Waals surface area contributed by atoms with Gasteiger partial charge in [-0.15, -0.1) is 0 Å². The van der Waals surface area contributed by atoms with Crippen LogP contribution in [0.5, 0.6) is 0 Å². The summed E-state index contributed by atoms with van der Waals surface area (Å²) in [7, 11) is 0. The maximum atomic E-state index is 9.31. The highest BCUT2D eigenvalue weighted by Crippen LogP contribution is 2.35. The van der Waals surface area contributed by atoms with Gasteiger partial charge in [-0.05, 0) is 58.7 Å². The third-order valence-corrected chi connectivity index (χ3v) is 8.30. The van der Waals surface area contributed by atoms with Crippen molar-refractivity contribution in [3.8, 4) is 73.4 Å². The Kier molecular flexibility index (Phi) is 8.33. The van der Waals surface area contributed by atoms with E-state index < -0.39 is 0 Å². The molecule has 0 aliphatic rings. The molecule has 5 aromatic carbocycles. The minimum Gasteiger partial charge on any atom is -0.248 e. The third-order valence-electron chi connectivity index (χ3n) is 8.30. The predicted molar refractivity (Wildman–Crippen MR) is 197 cm³/mol. The molecule has 0 radical (unpaired) electrons. The minimum atomic E-state index is 0.584. The number of pyridine rings is 1. The molecule has 7 rings (SSSR count). The highest BCUT2D eigenvalue weighted by Gasteiger charge is 2.16. The molecule has 48 heavy (non-hydrogen) atoms. The van der Waals surface area contributed by atoms with Gasteiger partial charge in [0, 0.05) is 22.3 Å². The average molecular weight is 615 g/mol. The van der Waals surface area contributed by atoms with E-state index in [-0.39, 0.29) is 0 Å². The Balaban J connectivity index is 1.30. The van der Waals surface area contributed by atoms with Crippen LogP contribution < -0.4 is 0 Å². The molecule has 0 aliphatic heterocycles. The fraction of sp³-hybridized carbons (Fsp3) is 0. The summed E-state index contributed by atoms with van der Waals surface area (Å²) in [5.74, 6) is 0. The van der Waals surface area contributed by atoms with E-state index >= 15 is 0 Å². The van der Waals surface area contributed by atoms with E-state index in [0.717, 1.165) is 50.5 Å². The summed E-state index contributed by atoms with van der Waals surface area (Å²) in [5, 5.41) is 9.31. The number of hydrogen-bond acceptors (Lipinski definition) is 4. The molecule has 0 N–H and O–H groups in total. The molecule has 2 aromatic heterocycles. The summed E-state index contributed by atoms with van der Waals surface area (Å²) in [5.41, 5.74) is 13.5. The van der Waals surface area contributed by atoms with E-state index in [1.165, 1.54) is 11.1 Å². The van der Waals surface area contributed by atoms with Gasteiger partial charge in [-0.3, -0.25) is 0 Å². The van der Waals surface area contributed by atoms with E-state index in [2.05, 4.69) is 128 Å². The van der Waals surface area contributed by atoms with E-state index in [1.807, 2.05) is 24.3 Å². The van der Waals surface area contributed by atoms with Gasteiger partial charge in [0.1, 0.15) is 0 Å². The van der Waals surface area contributed by atoms with Crippen molar-refractivity contribution in [3.63, 3.8) is 0 Å². The van der Waals surface area contributed by atoms with Crippen LogP contribution in [0.15, 0.2) is 159 Å². The van der Waals surface area contributed by atoms with Crippen LogP contribution >= 0.6 is 0 Å². The lowest BCUT2D eigenvalue weighted by Crippen LogP contribution is -2.00. The van der Waals surface area contributed by atoms with Gasteiger partial charge in [-0.25, -0.2) is 15.0 Å². The van der Waals surface area contributed by atoms with Crippen LogP contribution in [-0.2, 0) is 0 Å². The Bertz CT molecular complexity index is 2280. The summed E-state index contributed by atoms with van der Waals surface area (Å²) in [6.45, 7) is 7.87. The fourth-order valence-corrected chi connectivity index (χ4v) is 5.75. The number of aromatic nitrogens is 3. The standard InChI is InChI=1S/C44H30N4/c1-3-39-40(4-2)48-44(43(47-39)36-17-15-30(29-45)16-18-36)37-25-23-35(24-26-37)42-28-38(32-13-9-6-10-14-32)27-41(46-42)34-21-19-33(20-22-34)31-11-7-5-8-12-31/h3-28H,1-2H2. The first-order valence-electron chi connectivity index (χ1n) is 15.6. The van der Waals surface area contributed by atoms with E-state index in [1.54, 1.807) is 24.3 Å². The van der Waals surface area contributed by atoms with Gasteiger partial charge in [0.2, 0.25) is 0 Å². The molecule has 0 unspecified atom stereocenters. The molecule has 0 saturated heterocycles. The van der Waals surface area contributed by atoms with Crippen LogP contribution in [0.4, 0.5) is 0 Å². The monoisotopic (exact) mass is 614 g/mol. The smallest absolute Gasteiger partial charge is 0.0991 e. The van der Waals surface area contributed by atoms with Gasteiger partial charge >= 0.3 is 0 Å². The van der Waals surface area contributed by atoms with Crippen LogP contribution in [0.3, 0.4) is 0 Å². The van der Waals surface area contributed by atoms with Crippen molar-refractivity contribution < 1.29 is 0 Å². The molecule has 4 nitrogen and oxygen atoms in total.